The van der Waals surface area contributed by atoms with E-state index >= 15 is 0 Å². The Bertz CT molecular complexity index is 882. The van der Waals surface area contributed by atoms with Gasteiger partial charge >= 0.3 is 0 Å². The van der Waals surface area contributed by atoms with Crippen LogP contribution in [0.25, 0.3) is 10.8 Å². The SMILES string of the molecule is C/C=C\C=C1/CC(C)=CC=C1C1Cc2cccc3cccc1c23. The third-order valence-corrected chi connectivity index (χ3v) is 5.08. The number of allylic oxidation sites excluding steroid dienone is 8. The number of hydrogen-bond acceptors (Lipinski definition) is 0. The van der Waals surface area contributed by atoms with Crippen molar-refractivity contribution in [2.24, 2.45) is 0 Å². The van der Waals surface area contributed by atoms with Gasteiger partial charge in [-0.2, -0.15) is 0 Å². The minimum Gasteiger partial charge on any atom is -0.0877 e. The molecule has 0 amide bonds. The summed E-state index contributed by atoms with van der Waals surface area (Å²) in [5.74, 6) is 0.497. The molecule has 0 spiro atoms. The van der Waals surface area contributed by atoms with Crippen molar-refractivity contribution < 1.29 is 0 Å². The predicted molar refractivity (Wildman–Crippen MR) is 99.7 cm³/mol. The third kappa shape index (κ3) is 2.39. The molecule has 2 aromatic carbocycles. The van der Waals surface area contributed by atoms with Crippen LogP contribution >= 0.6 is 0 Å². The molecule has 1 unspecified atom stereocenters. The molecule has 0 fully saturated rings. The molecular formula is C23H22. The second-order valence-electron chi connectivity index (χ2n) is 6.65. The minimum atomic E-state index is 0.497. The van der Waals surface area contributed by atoms with Gasteiger partial charge in [-0.15, -0.1) is 0 Å². The van der Waals surface area contributed by atoms with Gasteiger partial charge in [0.15, 0.2) is 0 Å². The zero-order valence-corrected chi connectivity index (χ0v) is 13.8. The molecule has 0 saturated heterocycles. The maximum absolute atomic E-state index is 2.35. The molecule has 2 aliphatic carbocycles. The fraction of sp³-hybridized carbons (Fsp3) is 0.217. The van der Waals surface area contributed by atoms with Gasteiger partial charge in [0, 0.05) is 5.92 Å². The van der Waals surface area contributed by atoms with Crippen molar-refractivity contribution in [2.45, 2.75) is 32.6 Å². The highest BCUT2D eigenvalue weighted by molar-refractivity contribution is 5.92. The Labute approximate surface area is 138 Å². The summed E-state index contributed by atoms with van der Waals surface area (Å²) in [5, 5.41) is 2.86. The molecule has 0 bridgehead atoms. The number of rotatable bonds is 2. The lowest BCUT2D eigenvalue weighted by molar-refractivity contribution is 0.816. The molecule has 2 aromatic rings. The van der Waals surface area contributed by atoms with Crippen LogP contribution in [-0.4, -0.2) is 0 Å². The van der Waals surface area contributed by atoms with Crippen LogP contribution in [0.3, 0.4) is 0 Å². The summed E-state index contributed by atoms with van der Waals surface area (Å²) in [6, 6.07) is 13.5. The van der Waals surface area contributed by atoms with Gasteiger partial charge in [-0.3, -0.25) is 0 Å². The van der Waals surface area contributed by atoms with Gasteiger partial charge in [-0.25, -0.2) is 0 Å². The molecule has 0 radical (unpaired) electrons. The molecule has 0 nitrogen and oxygen atoms in total. The Morgan fingerprint density at radius 3 is 2.70 bits per heavy atom. The van der Waals surface area contributed by atoms with Crippen LogP contribution in [-0.2, 0) is 6.42 Å². The zero-order chi connectivity index (χ0) is 15.8. The summed E-state index contributed by atoms with van der Waals surface area (Å²) in [5.41, 5.74) is 7.41. The first kappa shape index (κ1) is 14.3. The van der Waals surface area contributed by atoms with Crippen LogP contribution in [0.15, 0.2) is 83.5 Å². The normalized spacial score (nSPS) is 22.0. The highest BCUT2D eigenvalue weighted by Crippen LogP contribution is 2.45. The second kappa shape index (κ2) is 5.70. The highest BCUT2D eigenvalue weighted by atomic mass is 14.3. The molecular weight excluding hydrogens is 276 g/mol. The van der Waals surface area contributed by atoms with Crippen molar-refractivity contribution in [1.29, 1.82) is 0 Å². The molecule has 1 atom stereocenters. The average molecular weight is 298 g/mol. The molecule has 0 heterocycles. The first-order valence-electron chi connectivity index (χ1n) is 8.48. The molecule has 2 aliphatic rings. The molecule has 114 valence electrons. The van der Waals surface area contributed by atoms with E-state index in [1.165, 1.54) is 38.6 Å². The Morgan fingerprint density at radius 2 is 1.87 bits per heavy atom. The summed E-state index contributed by atoms with van der Waals surface area (Å²) < 4.78 is 0. The highest BCUT2D eigenvalue weighted by Gasteiger charge is 2.29. The number of benzene rings is 2. The van der Waals surface area contributed by atoms with Gasteiger partial charge in [-0.05, 0) is 59.7 Å². The van der Waals surface area contributed by atoms with Gasteiger partial charge in [0.25, 0.3) is 0 Å². The van der Waals surface area contributed by atoms with E-state index in [2.05, 4.69) is 80.6 Å². The van der Waals surface area contributed by atoms with E-state index in [0.29, 0.717) is 5.92 Å². The van der Waals surface area contributed by atoms with E-state index in [9.17, 15) is 0 Å². The van der Waals surface area contributed by atoms with Crippen molar-refractivity contribution in [2.75, 3.05) is 0 Å². The largest absolute Gasteiger partial charge is 0.0877 e. The van der Waals surface area contributed by atoms with Crippen molar-refractivity contribution >= 4 is 10.8 Å². The predicted octanol–water partition coefficient (Wildman–Crippen LogP) is 6.26. The summed E-state index contributed by atoms with van der Waals surface area (Å²) in [4.78, 5) is 0. The van der Waals surface area contributed by atoms with Crippen molar-refractivity contribution in [3.8, 4) is 0 Å². The molecule has 0 heteroatoms. The molecule has 23 heavy (non-hydrogen) atoms. The van der Waals surface area contributed by atoms with Gasteiger partial charge in [0.05, 0.1) is 0 Å². The lowest BCUT2D eigenvalue weighted by Gasteiger charge is -2.23. The Kier molecular flexibility index (Phi) is 3.53. The van der Waals surface area contributed by atoms with E-state index in [1.54, 1.807) is 0 Å². The van der Waals surface area contributed by atoms with E-state index in [0.717, 1.165) is 12.8 Å². The van der Waals surface area contributed by atoms with E-state index in [1.807, 2.05) is 0 Å². The van der Waals surface area contributed by atoms with Gasteiger partial charge in [0.2, 0.25) is 0 Å². The standard InChI is InChI=1S/C23H22/c1-3-4-7-18-14-16(2)12-13-20(18)22-15-19-10-5-8-17-9-6-11-21(22)23(17)19/h3-13,22H,14-15H2,1-2H3/b4-3-,18-7+. The smallest absolute Gasteiger partial charge is 0.0139 e. The van der Waals surface area contributed by atoms with Gasteiger partial charge < -0.3 is 0 Å². The maximum atomic E-state index is 2.35. The zero-order valence-electron chi connectivity index (χ0n) is 13.8. The second-order valence-corrected chi connectivity index (χ2v) is 6.65. The third-order valence-electron chi connectivity index (χ3n) is 5.08. The average Bonchev–Trinajstić information content (AvgIpc) is 2.94. The minimum absolute atomic E-state index is 0.497. The Balaban J connectivity index is 1.85. The summed E-state index contributed by atoms with van der Waals surface area (Å²) >= 11 is 0. The van der Waals surface area contributed by atoms with Crippen LogP contribution in [0.5, 0.6) is 0 Å². The van der Waals surface area contributed by atoms with E-state index in [-0.39, 0.29) is 0 Å². The monoisotopic (exact) mass is 298 g/mol. The summed E-state index contributed by atoms with van der Waals surface area (Å²) in [7, 11) is 0. The van der Waals surface area contributed by atoms with Crippen LogP contribution < -0.4 is 0 Å². The first-order chi connectivity index (χ1) is 11.3. The molecule has 0 aromatic heterocycles. The van der Waals surface area contributed by atoms with Crippen LogP contribution in [0.2, 0.25) is 0 Å². The fourth-order valence-corrected chi connectivity index (χ4v) is 4.03. The van der Waals surface area contributed by atoms with Crippen molar-refractivity contribution in [3.63, 3.8) is 0 Å². The number of hydrogen-bond donors (Lipinski definition) is 0. The van der Waals surface area contributed by atoms with Gasteiger partial charge in [0.1, 0.15) is 0 Å². The summed E-state index contributed by atoms with van der Waals surface area (Å²) in [6.07, 6.45) is 13.4. The Hall–Kier alpha value is -2.34. The van der Waals surface area contributed by atoms with Crippen LogP contribution in [0.1, 0.15) is 37.3 Å². The lowest BCUT2D eigenvalue weighted by atomic mass is 9.81. The molecule has 0 N–H and O–H groups in total. The van der Waals surface area contributed by atoms with E-state index in [4.69, 9.17) is 0 Å². The van der Waals surface area contributed by atoms with Crippen LogP contribution in [0, 0.1) is 0 Å². The molecule has 0 aliphatic heterocycles. The quantitative estimate of drug-likeness (QED) is 0.614. The fourth-order valence-electron chi connectivity index (χ4n) is 4.03. The van der Waals surface area contributed by atoms with Gasteiger partial charge in [-0.1, -0.05) is 72.4 Å². The van der Waals surface area contributed by atoms with Crippen LogP contribution in [0.4, 0.5) is 0 Å². The maximum Gasteiger partial charge on any atom is 0.0139 e. The van der Waals surface area contributed by atoms with Crippen molar-refractivity contribution in [3.05, 3.63) is 94.6 Å². The lowest BCUT2D eigenvalue weighted by Crippen LogP contribution is -2.07. The first-order valence-corrected chi connectivity index (χ1v) is 8.48. The molecule has 4 rings (SSSR count). The Morgan fingerprint density at radius 1 is 1.04 bits per heavy atom. The summed E-state index contributed by atoms with van der Waals surface area (Å²) in [6.45, 7) is 4.30. The van der Waals surface area contributed by atoms with E-state index < -0.39 is 0 Å². The molecule has 0 saturated carbocycles. The van der Waals surface area contributed by atoms with Crippen molar-refractivity contribution in [1.82, 2.24) is 0 Å². The topological polar surface area (TPSA) is 0 Å².